The Labute approximate surface area is 164 Å². The van der Waals surface area contributed by atoms with Crippen molar-refractivity contribution in [1.29, 1.82) is 0 Å². The zero-order valence-electron chi connectivity index (χ0n) is 15.9. The van der Waals surface area contributed by atoms with Crippen molar-refractivity contribution >= 4 is 17.6 Å². The highest BCUT2D eigenvalue weighted by Gasteiger charge is 2.34. The van der Waals surface area contributed by atoms with Crippen LogP contribution in [0.1, 0.15) is 31.4 Å². The quantitative estimate of drug-likeness (QED) is 0.770. The SMILES string of the molecule is CCOC(=O)[C@@H]1CCCN([C@H](C(=O)Nc2ccc(F)cc2)c2ccccc2)C1. The molecular formula is C22H25FN2O3. The number of anilines is 1. The summed E-state index contributed by atoms with van der Waals surface area (Å²) in [7, 11) is 0. The molecule has 148 valence electrons. The van der Waals surface area contributed by atoms with Crippen LogP contribution in [0.5, 0.6) is 0 Å². The maximum atomic E-state index is 13.2. The van der Waals surface area contributed by atoms with Crippen LogP contribution < -0.4 is 5.32 Å². The van der Waals surface area contributed by atoms with Crippen LogP contribution in [0, 0.1) is 11.7 Å². The zero-order valence-corrected chi connectivity index (χ0v) is 15.9. The van der Waals surface area contributed by atoms with Gasteiger partial charge in [0.1, 0.15) is 11.9 Å². The number of rotatable bonds is 6. The van der Waals surface area contributed by atoms with Crippen molar-refractivity contribution in [2.24, 2.45) is 5.92 Å². The van der Waals surface area contributed by atoms with E-state index in [0.29, 0.717) is 25.4 Å². The fraction of sp³-hybridized carbons (Fsp3) is 0.364. The first-order valence-corrected chi connectivity index (χ1v) is 9.60. The van der Waals surface area contributed by atoms with E-state index >= 15 is 0 Å². The first-order chi connectivity index (χ1) is 13.6. The van der Waals surface area contributed by atoms with E-state index in [-0.39, 0.29) is 23.6 Å². The van der Waals surface area contributed by atoms with Crippen molar-refractivity contribution in [3.8, 4) is 0 Å². The monoisotopic (exact) mass is 384 g/mol. The lowest BCUT2D eigenvalue weighted by atomic mass is 9.94. The highest BCUT2D eigenvalue weighted by atomic mass is 19.1. The number of likely N-dealkylation sites (tertiary alicyclic amines) is 1. The van der Waals surface area contributed by atoms with Crippen molar-refractivity contribution in [2.75, 3.05) is 25.0 Å². The van der Waals surface area contributed by atoms with Crippen LogP contribution in [-0.2, 0) is 14.3 Å². The van der Waals surface area contributed by atoms with Crippen molar-refractivity contribution in [3.63, 3.8) is 0 Å². The molecule has 2 aromatic rings. The molecule has 0 bridgehead atoms. The number of esters is 1. The standard InChI is InChI=1S/C22H25FN2O3/c1-2-28-22(27)17-9-6-14-25(15-17)20(16-7-4-3-5-8-16)21(26)24-19-12-10-18(23)11-13-19/h3-5,7-8,10-13,17,20H,2,6,9,14-15H2,1H3,(H,24,26)/t17-,20+/m1/s1. The molecule has 1 amide bonds. The summed E-state index contributed by atoms with van der Waals surface area (Å²) in [6, 6.07) is 14.6. The van der Waals surface area contributed by atoms with Gasteiger partial charge in [0.05, 0.1) is 12.5 Å². The van der Waals surface area contributed by atoms with Gasteiger partial charge in [0.25, 0.3) is 0 Å². The predicted octanol–water partition coefficient (Wildman–Crippen LogP) is 3.78. The third-order valence-corrected chi connectivity index (χ3v) is 4.91. The van der Waals surface area contributed by atoms with Gasteiger partial charge in [-0.1, -0.05) is 30.3 Å². The predicted molar refractivity (Wildman–Crippen MR) is 105 cm³/mol. The zero-order chi connectivity index (χ0) is 19.9. The number of nitrogens with one attached hydrogen (secondary N) is 1. The Hall–Kier alpha value is -2.73. The molecule has 6 heteroatoms. The Morgan fingerprint density at radius 2 is 1.89 bits per heavy atom. The average Bonchev–Trinajstić information content (AvgIpc) is 2.71. The first kappa shape index (κ1) is 20.0. The normalized spacial score (nSPS) is 18.3. The Morgan fingerprint density at radius 3 is 2.57 bits per heavy atom. The number of benzene rings is 2. The van der Waals surface area contributed by atoms with Crippen molar-refractivity contribution in [3.05, 3.63) is 66.0 Å². The molecule has 2 atom stereocenters. The van der Waals surface area contributed by atoms with Crippen LogP contribution in [0.15, 0.2) is 54.6 Å². The molecule has 1 aliphatic rings. The number of carbonyl (C=O) groups is 2. The van der Waals surface area contributed by atoms with Gasteiger partial charge in [0.2, 0.25) is 5.91 Å². The highest BCUT2D eigenvalue weighted by molar-refractivity contribution is 5.95. The van der Waals surface area contributed by atoms with Gasteiger partial charge < -0.3 is 10.1 Å². The van der Waals surface area contributed by atoms with Crippen LogP contribution in [-0.4, -0.2) is 36.5 Å². The minimum atomic E-state index is -0.538. The van der Waals surface area contributed by atoms with Crippen molar-refractivity contribution in [2.45, 2.75) is 25.8 Å². The minimum Gasteiger partial charge on any atom is -0.466 e. The molecule has 1 fully saturated rings. The van der Waals surface area contributed by atoms with Gasteiger partial charge in [-0.3, -0.25) is 14.5 Å². The number of halogens is 1. The maximum Gasteiger partial charge on any atom is 0.310 e. The maximum absolute atomic E-state index is 13.2. The van der Waals surface area contributed by atoms with Crippen LogP contribution >= 0.6 is 0 Å². The number of hydrogen-bond acceptors (Lipinski definition) is 4. The highest BCUT2D eigenvalue weighted by Crippen LogP contribution is 2.29. The Bertz CT molecular complexity index is 795. The van der Waals surface area contributed by atoms with E-state index in [1.54, 1.807) is 6.92 Å². The molecule has 3 rings (SSSR count). The Balaban J connectivity index is 1.81. The van der Waals surface area contributed by atoms with Gasteiger partial charge in [-0.2, -0.15) is 0 Å². The van der Waals surface area contributed by atoms with Crippen molar-refractivity contribution < 1.29 is 18.7 Å². The van der Waals surface area contributed by atoms with Crippen LogP contribution in [0.2, 0.25) is 0 Å². The number of amides is 1. The lowest BCUT2D eigenvalue weighted by Crippen LogP contribution is -2.45. The number of piperidine rings is 1. The summed E-state index contributed by atoms with van der Waals surface area (Å²) < 4.78 is 18.3. The average molecular weight is 384 g/mol. The molecule has 1 heterocycles. The van der Waals surface area contributed by atoms with Crippen LogP contribution in [0.4, 0.5) is 10.1 Å². The largest absolute Gasteiger partial charge is 0.466 e. The lowest BCUT2D eigenvalue weighted by molar-refractivity contribution is -0.151. The summed E-state index contributed by atoms with van der Waals surface area (Å²) in [4.78, 5) is 27.4. The van der Waals surface area contributed by atoms with E-state index in [1.165, 1.54) is 24.3 Å². The van der Waals surface area contributed by atoms with Gasteiger partial charge in [-0.25, -0.2) is 4.39 Å². The molecule has 0 spiro atoms. The summed E-state index contributed by atoms with van der Waals surface area (Å²) in [5.74, 6) is -1.01. The number of nitrogens with zero attached hydrogens (tertiary/aromatic N) is 1. The van der Waals surface area contributed by atoms with Crippen molar-refractivity contribution in [1.82, 2.24) is 4.90 Å². The summed E-state index contributed by atoms with van der Waals surface area (Å²) in [5.41, 5.74) is 1.39. The first-order valence-electron chi connectivity index (χ1n) is 9.60. The molecule has 2 aromatic carbocycles. The van der Waals surface area contributed by atoms with Crippen LogP contribution in [0.3, 0.4) is 0 Å². The van der Waals surface area contributed by atoms with E-state index in [1.807, 2.05) is 35.2 Å². The molecule has 0 aromatic heterocycles. The molecule has 1 aliphatic heterocycles. The molecule has 0 saturated carbocycles. The molecule has 5 nitrogen and oxygen atoms in total. The van der Waals surface area contributed by atoms with Crippen LogP contribution in [0.25, 0.3) is 0 Å². The summed E-state index contributed by atoms with van der Waals surface area (Å²) in [6.07, 6.45) is 1.58. The second-order valence-corrected chi connectivity index (χ2v) is 6.90. The number of carbonyl (C=O) groups excluding carboxylic acids is 2. The lowest BCUT2D eigenvalue weighted by Gasteiger charge is -2.36. The van der Waals surface area contributed by atoms with Gasteiger partial charge in [-0.05, 0) is 56.1 Å². The molecule has 28 heavy (non-hydrogen) atoms. The smallest absolute Gasteiger partial charge is 0.310 e. The topological polar surface area (TPSA) is 58.6 Å². The van der Waals surface area contributed by atoms with E-state index in [4.69, 9.17) is 4.74 Å². The second kappa shape index (κ2) is 9.46. The van der Waals surface area contributed by atoms with Gasteiger partial charge in [0, 0.05) is 12.2 Å². The minimum absolute atomic E-state index is 0.206. The molecule has 0 unspecified atom stereocenters. The molecule has 1 N–H and O–H groups in total. The molecule has 0 aliphatic carbocycles. The van der Waals surface area contributed by atoms with E-state index < -0.39 is 6.04 Å². The fourth-order valence-corrected chi connectivity index (χ4v) is 3.60. The van der Waals surface area contributed by atoms with E-state index in [0.717, 1.165) is 18.4 Å². The van der Waals surface area contributed by atoms with Gasteiger partial charge >= 0.3 is 5.97 Å². The second-order valence-electron chi connectivity index (χ2n) is 6.90. The fourth-order valence-electron chi connectivity index (χ4n) is 3.60. The summed E-state index contributed by atoms with van der Waals surface area (Å²) in [5, 5.41) is 2.87. The number of hydrogen-bond donors (Lipinski definition) is 1. The Morgan fingerprint density at radius 1 is 1.18 bits per heavy atom. The molecule has 1 saturated heterocycles. The summed E-state index contributed by atoms with van der Waals surface area (Å²) in [6.45, 7) is 3.32. The third kappa shape index (κ3) is 4.95. The molecule has 0 radical (unpaired) electrons. The Kier molecular flexibility index (Phi) is 6.76. The molecular weight excluding hydrogens is 359 g/mol. The van der Waals surface area contributed by atoms with Gasteiger partial charge in [-0.15, -0.1) is 0 Å². The number of ether oxygens (including phenoxy) is 1. The van der Waals surface area contributed by atoms with E-state index in [9.17, 15) is 14.0 Å². The van der Waals surface area contributed by atoms with E-state index in [2.05, 4.69) is 5.32 Å². The summed E-state index contributed by atoms with van der Waals surface area (Å²) >= 11 is 0. The van der Waals surface area contributed by atoms with Gasteiger partial charge in [0.15, 0.2) is 0 Å². The third-order valence-electron chi connectivity index (χ3n) is 4.91.